The number of rotatable bonds is 12. The first kappa shape index (κ1) is 26.4. The average Bonchev–Trinajstić information content (AvgIpc) is 2.81. The van der Waals surface area contributed by atoms with Crippen LogP contribution >= 0.6 is 0 Å². The fourth-order valence-electron chi connectivity index (χ4n) is 4.69. The molecule has 2 aliphatic heterocycles. The number of hydrogen-bond acceptors (Lipinski definition) is 6. The molecule has 0 bridgehead atoms. The number of piperidine rings is 1. The van der Waals surface area contributed by atoms with Gasteiger partial charge in [-0.25, -0.2) is 22.5 Å². The van der Waals surface area contributed by atoms with E-state index in [2.05, 4.69) is 22.8 Å². The zero-order valence-electron chi connectivity index (χ0n) is 20.1. The van der Waals surface area contributed by atoms with Crippen molar-refractivity contribution >= 4 is 27.7 Å². The summed E-state index contributed by atoms with van der Waals surface area (Å²) in [6, 6.07) is 3.41. The number of aliphatic carboxylic acids is 1. The molecule has 190 valence electrons. The Balaban J connectivity index is 1.30. The number of sulfonamides is 1. The standard InChI is InChI=1S/C24H38N4O5S/c1-34(32,33)28-16-13-19(14-17-28)23(29)27-21(24(30)31)10-6-4-2-3-5-9-20-12-11-18-8-7-15-25-22(18)26-20/h11-12,19,21H,2-10,13-17H2,1H3,(H,25,26)(H,27,29)(H,30,31)/t21-/m0/s1. The molecule has 1 atom stereocenters. The molecule has 1 fully saturated rings. The molecule has 3 N–H and O–H groups in total. The second kappa shape index (κ2) is 12.5. The molecule has 0 saturated carbocycles. The topological polar surface area (TPSA) is 129 Å². The second-order valence-electron chi connectivity index (χ2n) is 9.48. The highest BCUT2D eigenvalue weighted by Crippen LogP contribution is 2.21. The van der Waals surface area contributed by atoms with Crippen molar-refractivity contribution in [3.8, 4) is 0 Å². The predicted molar refractivity (Wildman–Crippen MR) is 131 cm³/mol. The van der Waals surface area contributed by atoms with E-state index in [-0.39, 0.29) is 11.8 Å². The highest BCUT2D eigenvalue weighted by molar-refractivity contribution is 7.88. The lowest BCUT2D eigenvalue weighted by Crippen LogP contribution is -2.47. The Hall–Kier alpha value is -2.20. The fourth-order valence-corrected chi connectivity index (χ4v) is 5.56. The Morgan fingerprint density at radius 2 is 1.88 bits per heavy atom. The molecule has 3 rings (SSSR count). The van der Waals surface area contributed by atoms with E-state index in [1.54, 1.807) is 0 Å². The summed E-state index contributed by atoms with van der Waals surface area (Å²) < 4.78 is 24.6. The number of aryl methyl sites for hydroxylation is 2. The van der Waals surface area contributed by atoms with Crippen LogP contribution in [0.15, 0.2) is 12.1 Å². The molecule has 0 aromatic carbocycles. The highest BCUT2D eigenvalue weighted by atomic mass is 32.2. The van der Waals surface area contributed by atoms with Crippen LogP contribution in [0.5, 0.6) is 0 Å². The Kier molecular flexibility index (Phi) is 9.70. The summed E-state index contributed by atoms with van der Waals surface area (Å²) in [6.45, 7) is 1.59. The predicted octanol–water partition coefficient (Wildman–Crippen LogP) is 2.56. The summed E-state index contributed by atoms with van der Waals surface area (Å²) in [5, 5.41) is 15.5. The van der Waals surface area contributed by atoms with Crippen molar-refractivity contribution in [2.45, 2.75) is 76.7 Å². The summed E-state index contributed by atoms with van der Waals surface area (Å²) in [7, 11) is -3.25. The molecule has 34 heavy (non-hydrogen) atoms. The normalized spacial score (nSPS) is 18.0. The summed E-state index contributed by atoms with van der Waals surface area (Å²) >= 11 is 0. The van der Waals surface area contributed by atoms with E-state index in [0.29, 0.717) is 32.4 Å². The van der Waals surface area contributed by atoms with Crippen LogP contribution < -0.4 is 10.6 Å². The van der Waals surface area contributed by atoms with E-state index < -0.39 is 22.0 Å². The lowest BCUT2D eigenvalue weighted by atomic mass is 9.96. The first-order valence-corrected chi connectivity index (χ1v) is 14.3. The summed E-state index contributed by atoms with van der Waals surface area (Å²) in [6.07, 6.45) is 10.4. The van der Waals surface area contributed by atoms with E-state index in [4.69, 9.17) is 4.98 Å². The average molecular weight is 495 g/mol. The zero-order valence-corrected chi connectivity index (χ0v) is 20.9. The van der Waals surface area contributed by atoms with Gasteiger partial charge in [-0.2, -0.15) is 0 Å². The maximum atomic E-state index is 12.5. The van der Waals surface area contributed by atoms with Gasteiger partial charge in [0.05, 0.1) is 6.26 Å². The number of carboxylic acids is 1. The van der Waals surface area contributed by atoms with E-state index in [1.807, 2.05) is 0 Å². The molecule has 9 nitrogen and oxygen atoms in total. The second-order valence-corrected chi connectivity index (χ2v) is 11.5. The molecule has 10 heteroatoms. The molecule has 0 spiro atoms. The van der Waals surface area contributed by atoms with E-state index in [9.17, 15) is 23.1 Å². The number of nitrogens with one attached hydrogen (secondary N) is 2. The smallest absolute Gasteiger partial charge is 0.326 e. The minimum atomic E-state index is -3.25. The van der Waals surface area contributed by atoms with Gasteiger partial charge in [-0.05, 0) is 56.6 Å². The number of hydrogen-bond donors (Lipinski definition) is 3. The first-order chi connectivity index (χ1) is 16.2. The third-order valence-electron chi connectivity index (χ3n) is 6.79. The van der Waals surface area contributed by atoms with Crippen molar-refractivity contribution in [3.05, 3.63) is 23.4 Å². The number of anilines is 1. The van der Waals surface area contributed by atoms with Gasteiger partial charge in [-0.3, -0.25) is 4.79 Å². The van der Waals surface area contributed by atoms with Crippen LogP contribution in [0.1, 0.15) is 69.0 Å². The fraction of sp³-hybridized carbons (Fsp3) is 0.708. The maximum Gasteiger partial charge on any atom is 0.326 e. The van der Waals surface area contributed by atoms with E-state index in [1.165, 1.54) is 9.87 Å². The third-order valence-corrected chi connectivity index (χ3v) is 8.09. The van der Waals surface area contributed by atoms with Crippen molar-refractivity contribution in [1.29, 1.82) is 0 Å². The Morgan fingerprint density at radius 1 is 1.18 bits per heavy atom. The molecule has 0 aliphatic carbocycles. The van der Waals surface area contributed by atoms with Gasteiger partial charge in [0.25, 0.3) is 0 Å². The molecule has 2 aliphatic rings. The lowest BCUT2D eigenvalue weighted by Gasteiger charge is -2.30. The van der Waals surface area contributed by atoms with Gasteiger partial charge in [0, 0.05) is 31.2 Å². The zero-order chi connectivity index (χ0) is 24.6. The van der Waals surface area contributed by atoms with Crippen molar-refractivity contribution in [1.82, 2.24) is 14.6 Å². The highest BCUT2D eigenvalue weighted by Gasteiger charge is 2.31. The van der Waals surface area contributed by atoms with Gasteiger partial charge in [-0.15, -0.1) is 0 Å². The first-order valence-electron chi connectivity index (χ1n) is 12.4. The number of fused-ring (bicyclic) bond motifs is 1. The molecule has 1 aromatic rings. The molecule has 1 saturated heterocycles. The van der Waals surface area contributed by atoms with Crippen LogP contribution in [-0.2, 0) is 32.5 Å². The lowest BCUT2D eigenvalue weighted by molar-refractivity contribution is -0.142. The number of nitrogens with zero attached hydrogens (tertiary/aromatic N) is 2. The van der Waals surface area contributed by atoms with Gasteiger partial charge < -0.3 is 15.7 Å². The number of carbonyl (C=O) groups is 2. The van der Waals surface area contributed by atoms with Crippen LogP contribution in [0.25, 0.3) is 0 Å². The molecule has 1 aromatic heterocycles. The molecule has 3 heterocycles. The van der Waals surface area contributed by atoms with Gasteiger partial charge in [0.15, 0.2) is 0 Å². The SMILES string of the molecule is CS(=O)(=O)N1CCC(C(=O)N[C@@H](CCCCCCCc2ccc3c(n2)NCCC3)C(=O)O)CC1. The largest absolute Gasteiger partial charge is 0.480 e. The van der Waals surface area contributed by atoms with Crippen LogP contribution in [0, 0.1) is 5.92 Å². The molecular weight excluding hydrogens is 456 g/mol. The summed E-state index contributed by atoms with van der Waals surface area (Å²) in [5.41, 5.74) is 2.42. The van der Waals surface area contributed by atoms with Crippen molar-refractivity contribution < 1.29 is 23.1 Å². The van der Waals surface area contributed by atoms with Gasteiger partial charge in [0.1, 0.15) is 11.9 Å². The number of aromatic nitrogens is 1. The minimum absolute atomic E-state index is 0.285. The Labute approximate surface area is 202 Å². The van der Waals surface area contributed by atoms with Crippen LogP contribution in [0.4, 0.5) is 5.82 Å². The van der Waals surface area contributed by atoms with Crippen molar-refractivity contribution in [3.63, 3.8) is 0 Å². The molecule has 1 amide bonds. The Morgan fingerprint density at radius 3 is 2.59 bits per heavy atom. The van der Waals surface area contributed by atoms with Gasteiger partial charge >= 0.3 is 5.97 Å². The summed E-state index contributed by atoms with van der Waals surface area (Å²) in [4.78, 5) is 28.9. The van der Waals surface area contributed by atoms with Crippen molar-refractivity contribution in [2.24, 2.45) is 5.92 Å². The summed E-state index contributed by atoms with van der Waals surface area (Å²) in [5.74, 6) is -0.611. The Bertz CT molecular complexity index is 945. The van der Waals surface area contributed by atoms with E-state index in [0.717, 1.165) is 75.7 Å². The van der Waals surface area contributed by atoms with Gasteiger partial charge in [0.2, 0.25) is 15.9 Å². The quantitative estimate of drug-likeness (QED) is 0.381. The number of amides is 1. The van der Waals surface area contributed by atoms with Crippen LogP contribution in [0.2, 0.25) is 0 Å². The number of unbranched alkanes of at least 4 members (excludes halogenated alkanes) is 4. The van der Waals surface area contributed by atoms with Crippen molar-refractivity contribution in [2.75, 3.05) is 31.2 Å². The molecule has 0 radical (unpaired) electrons. The number of carboxylic acid groups (broad SMARTS) is 1. The van der Waals surface area contributed by atoms with E-state index >= 15 is 0 Å². The minimum Gasteiger partial charge on any atom is -0.480 e. The third kappa shape index (κ3) is 7.94. The molecule has 0 unspecified atom stereocenters. The van der Waals surface area contributed by atoms with Crippen LogP contribution in [-0.4, -0.2) is 66.6 Å². The van der Waals surface area contributed by atoms with Gasteiger partial charge in [-0.1, -0.05) is 31.7 Å². The van der Waals surface area contributed by atoms with Crippen LogP contribution in [0.3, 0.4) is 0 Å². The molecular formula is C24H38N4O5S. The number of carbonyl (C=O) groups excluding carboxylic acids is 1. The maximum absolute atomic E-state index is 12.5. The number of pyridine rings is 1. The monoisotopic (exact) mass is 494 g/mol.